The highest BCUT2D eigenvalue weighted by atomic mass is 16.5. The molecule has 3 nitrogen and oxygen atoms in total. The van der Waals surface area contributed by atoms with E-state index < -0.39 is 5.60 Å². The summed E-state index contributed by atoms with van der Waals surface area (Å²) in [5, 5.41) is 8.64. The molecule has 14 heavy (non-hydrogen) atoms. The van der Waals surface area contributed by atoms with Gasteiger partial charge in [0.2, 0.25) is 5.88 Å². The van der Waals surface area contributed by atoms with Crippen molar-refractivity contribution in [3.05, 3.63) is 23.9 Å². The zero-order valence-electron chi connectivity index (χ0n) is 8.11. The first kappa shape index (κ1) is 10.1. The number of nitriles is 1. The number of hydrogen-bond acceptors (Lipinski definition) is 3. The second-order valence-corrected chi connectivity index (χ2v) is 3.25. The van der Waals surface area contributed by atoms with Crippen LogP contribution < -0.4 is 4.74 Å². The first-order valence-corrected chi connectivity index (χ1v) is 4.10. The third-order valence-electron chi connectivity index (χ3n) is 1.57. The van der Waals surface area contributed by atoms with Gasteiger partial charge in [0.05, 0.1) is 11.6 Å². The molecule has 0 N–H and O–H groups in total. The van der Waals surface area contributed by atoms with Crippen molar-refractivity contribution >= 4 is 0 Å². The minimum Gasteiger partial charge on any atom is -0.458 e. The maximum atomic E-state index is 8.64. The van der Waals surface area contributed by atoms with Gasteiger partial charge in [0, 0.05) is 12.3 Å². The molecule has 0 radical (unpaired) electrons. The van der Waals surface area contributed by atoms with Crippen LogP contribution in [0.3, 0.4) is 0 Å². The van der Waals surface area contributed by atoms with Crippen LogP contribution in [0.15, 0.2) is 18.3 Å². The maximum absolute atomic E-state index is 8.64. The summed E-state index contributed by atoms with van der Waals surface area (Å²) < 4.78 is 5.40. The van der Waals surface area contributed by atoms with Crippen molar-refractivity contribution in [2.75, 3.05) is 0 Å². The van der Waals surface area contributed by atoms with E-state index in [1.165, 1.54) is 6.20 Å². The summed E-state index contributed by atoms with van der Waals surface area (Å²) in [7, 11) is 0. The van der Waals surface area contributed by atoms with Gasteiger partial charge >= 0.3 is 0 Å². The van der Waals surface area contributed by atoms with Gasteiger partial charge in [-0.15, -0.1) is 6.42 Å². The van der Waals surface area contributed by atoms with Gasteiger partial charge < -0.3 is 4.74 Å². The summed E-state index contributed by atoms with van der Waals surface area (Å²) in [6, 6.07) is 5.16. The molecular formula is C11H10N2O. The molecule has 3 heteroatoms. The van der Waals surface area contributed by atoms with Crippen LogP contribution in [0.4, 0.5) is 0 Å². The number of ether oxygens (including phenoxy) is 1. The van der Waals surface area contributed by atoms with Crippen molar-refractivity contribution in [2.24, 2.45) is 0 Å². The Morgan fingerprint density at radius 3 is 2.86 bits per heavy atom. The highest BCUT2D eigenvalue weighted by Crippen LogP contribution is 2.15. The predicted molar refractivity (Wildman–Crippen MR) is 52.5 cm³/mol. The lowest BCUT2D eigenvalue weighted by Gasteiger charge is -2.18. The molecule has 0 aliphatic heterocycles. The Hall–Kier alpha value is -2.00. The number of aromatic nitrogens is 1. The Morgan fingerprint density at radius 1 is 1.57 bits per heavy atom. The minimum atomic E-state index is -0.707. The van der Waals surface area contributed by atoms with E-state index in [1.54, 1.807) is 26.0 Å². The van der Waals surface area contributed by atoms with Gasteiger partial charge in [0.1, 0.15) is 0 Å². The molecule has 0 atom stereocenters. The van der Waals surface area contributed by atoms with Crippen molar-refractivity contribution in [3.63, 3.8) is 0 Å². The van der Waals surface area contributed by atoms with Gasteiger partial charge in [0.25, 0.3) is 0 Å². The van der Waals surface area contributed by atoms with Crippen LogP contribution in [0.2, 0.25) is 0 Å². The van der Waals surface area contributed by atoms with Crippen molar-refractivity contribution in [3.8, 4) is 24.3 Å². The second-order valence-electron chi connectivity index (χ2n) is 3.25. The van der Waals surface area contributed by atoms with E-state index in [4.69, 9.17) is 16.4 Å². The Morgan fingerprint density at radius 2 is 2.29 bits per heavy atom. The number of nitrogens with zero attached hydrogens (tertiary/aromatic N) is 2. The average Bonchev–Trinajstić information content (AvgIpc) is 2.17. The maximum Gasteiger partial charge on any atom is 0.216 e. The molecule has 0 saturated heterocycles. The van der Waals surface area contributed by atoms with Gasteiger partial charge in [0.15, 0.2) is 5.60 Å². The van der Waals surface area contributed by atoms with Gasteiger partial charge in [-0.2, -0.15) is 5.26 Å². The lowest BCUT2D eigenvalue weighted by Crippen LogP contribution is -2.25. The third kappa shape index (κ3) is 2.50. The van der Waals surface area contributed by atoms with E-state index in [1.807, 2.05) is 6.07 Å². The monoisotopic (exact) mass is 186 g/mol. The zero-order valence-corrected chi connectivity index (χ0v) is 8.11. The normalized spacial score (nSPS) is 10.0. The van der Waals surface area contributed by atoms with Crippen LogP contribution in [0.25, 0.3) is 0 Å². The van der Waals surface area contributed by atoms with Crippen LogP contribution in [0, 0.1) is 23.7 Å². The molecule has 70 valence electrons. The number of terminal acetylenes is 1. The first-order valence-electron chi connectivity index (χ1n) is 4.10. The predicted octanol–water partition coefficient (Wildman–Crippen LogP) is 1.74. The van der Waals surface area contributed by atoms with Crippen molar-refractivity contribution in [1.29, 1.82) is 5.26 Å². The van der Waals surface area contributed by atoms with Gasteiger partial charge in [-0.25, -0.2) is 4.98 Å². The van der Waals surface area contributed by atoms with E-state index >= 15 is 0 Å². The molecular weight excluding hydrogens is 176 g/mol. The standard InChI is InChI=1S/C11H10N2O/c1-4-11(2,3)14-10-7-9(8-12)5-6-13-10/h1,5-7H,2-3H3. The SMILES string of the molecule is C#CC(C)(C)Oc1cc(C#N)ccn1. The summed E-state index contributed by atoms with van der Waals surface area (Å²) in [6.45, 7) is 3.52. The van der Waals surface area contributed by atoms with E-state index in [-0.39, 0.29) is 0 Å². The third-order valence-corrected chi connectivity index (χ3v) is 1.57. The lowest BCUT2D eigenvalue weighted by molar-refractivity contribution is 0.164. The highest BCUT2D eigenvalue weighted by molar-refractivity contribution is 5.31. The summed E-state index contributed by atoms with van der Waals surface area (Å²) >= 11 is 0. The van der Waals surface area contributed by atoms with Gasteiger partial charge in [-0.05, 0) is 19.9 Å². The molecule has 0 aliphatic carbocycles. The molecule has 0 aliphatic rings. The Labute approximate surface area is 83.3 Å². The molecule has 1 heterocycles. The smallest absolute Gasteiger partial charge is 0.216 e. The van der Waals surface area contributed by atoms with Gasteiger partial charge in [-0.1, -0.05) is 5.92 Å². The molecule has 0 saturated carbocycles. The summed E-state index contributed by atoms with van der Waals surface area (Å²) in [5.41, 5.74) is -0.205. The fraction of sp³-hybridized carbons (Fsp3) is 0.273. The van der Waals surface area contributed by atoms with Crippen molar-refractivity contribution in [1.82, 2.24) is 4.98 Å². The van der Waals surface area contributed by atoms with Crippen LogP contribution >= 0.6 is 0 Å². The van der Waals surface area contributed by atoms with Crippen LogP contribution in [0.1, 0.15) is 19.4 Å². The van der Waals surface area contributed by atoms with Gasteiger partial charge in [-0.3, -0.25) is 0 Å². The van der Waals surface area contributed by atoms with Crippen molar-refractivity contribution in [2.45, 2.75) is 19.4 Å². The molecule has 0 spiro atoms. The quantitative estimate of drug-likeness (QED) is 0.661. The second kappa shape index (κ2) is 3.81. The van der Waals surface area contributed by atoms with E-state index in [9.17, 15) is 0 Å². The molecule has 0 unspecified atom stereocenters. The fourth-order valence-corrected chi connectivity index (χ4v) is 0.826. The first-order chi connectivity index (χ1) is 6.57. The van der Waals surface area contributed by atoms with Crippen molar-refractivity contribution < 1.29 is 4.74 Å². The van der Waals surface area contributed by atoms with Crippen LogP contribution in [-0.4, -0.2) is 10.6 Å². The Balaban J connectivity index is 2.90. The number of pyridine rings is 1. The molecule has 0 aromatic carbocycles. The highest BCUT2D eigenvalue weighted by Gasteiger charge is 2.16. The molecule has 1 rings (SSSR count). The topological polar surface area (TPSA) is 45.9 Å². The summed E-state index contributed by atoms with van der Waals surface area (Å²) in [6.07, 6.45) is 6.77. The van der Waals surface area contributed by atoms with E-state index in [0.717, 1.165) is 0 Å². The fourth-order valence-electron chi connectivity index (χ4n) is 0.826. The lowest BCUT2D eigenvalue weighted by atomic mass is 10.1. The summed E-state index contributed by atoms with van der Waals surface area (Å²) in [5.74, 6) is 2.85. The largest absolute Gasteiger partial charge is 0.458 e. The number of hydrogen-bond donors (Lipinski definition) is 0. The Kier molecular flexibility index (Phi) is 2.74. The molecule has 0 fully saturated rings. The number of rotatable bonds is 2. The summed E-state index contributed by atoms with van der Waals surface area (Å²) in [4.78, 5) is 3.95. The minimum absolute atomic E-state index is 0.368. The molecule has 1 aromatic rings. The Bertz CT molecular complexity index is 410. The molecule has 1 aromatic heterocycles. The van der Waals surface area contributed by atoms with E-state index in [2.05, 4.69) is 10.9 Å². The average molecular weight is 186 g/mol. The zero-order chi connectivity index (χ0) is 10.6. The van der Waals surface area contributed by atoms with Crippen LogP contribution in [0.5, 0.6) is 5.88 Å². The van der Waals surface area contributed by atoms with E-state index in [0.29, 0.717) is 11.4 Å². The molecule has 0 amide bonds. The van der Waals surface area contributed by atoms with Crippen LogP contribution in [-0.2, 0) is 0 Å². The molecule has 0 bridgehead atoms.